The van der Waals surface area contributed by atoms with Crippen molar-refractivity contribution >= 4 is 24.7 Å². The predicted octanol–water partition coefficient (Wildman–Crippen LogP) is 4.26. The number of hydrogen-bond acceptors (Lipinski definition) is 7. The maximum Gasteiger partial charge on any atom is 0.459 e. The van der Waals surface area contributed by atoms with Gasteiger partial charge in [0.2, 0.25) is 0 Å². The summed E-state index contributed by atoms with van der Waals surface area (Å²) < 4.78 is 35.3. The molecule has 0 radical (unpaired) electrons. The number of carbonyl (C=O) groups excluding carboxylic acids is 1. The first-order chi connectivity index (χ1) is 15.9. The lowest BCUT2D eigenvalue weighted by atomic mass is 10.1. The second-order valence-corrected chi connectivity index (χ2v) is 9.43. The summed E-state index contributed by atoms with van der Waals surface area (Å²) in [6.07, 6.45) is 4.33. The molecule has 0 saturated carbocycles. The number of H-pyrrole nitrogens is 1. The Balaban J connectivity index is 1.62. The summed E-state index contributed by atoms with van der Waals surface area (Å²) >= 11 is 0. The average Bonchev–Trinajstić information content (AvgIpc) is 3.28. The van der Waals surface area contributed by atoms with E-state index < -0.39 is 13.7 Å². The van der Waals surface area contributed by atoms with E-state index in [0.717, 1.165) is 23.0 Å². The van der Waals surface area contributed by atoms with Crippen LogP contribution >= 0.6 is 7.75 Å². The van der Waals surface area contributed by atoms with Gasteiger partial charge in [0, 0.05) is 24.9 Å². The number of nitrogens with zero attached hydrogens (tertiary/aromatic N) is 1. The molecule has 33 heavy (non-hydrogen) atoms. The summed E-state index contributed by atoms with van der Waals surface area (Å²) in [6, 6.07) is 12.6. The summed E-state index contributed by atoms with van der Waals surface area (Å²) in [7, 11) is -2.30. The van der Waals surface area contributed by atoms with Gasteiger partial charge < -0.3 is 19.0 Å². The molecule has 10 heteroatoms. The number of esters is 1. The minimum Gasteiger partial charge on any atom is -0.462 e. The van der Waals surface area contributed by atoms with Gasteiger partial charge in [-0.3, -0.25) is 9.32 Å². The highest BCUT2D eigenvalue weighted by Gasteiger charge is 2.29. The van der Waals surface area contributed by atoms with Crippen molar-refractivity contribution in [2.75, 3.05) is 20.3 Å². The summed E-state index contributed by atoms with van der Waals surface area (Å²) in [5, 5.41) is 3.64. The minimum absolute atomic E-state index is 0.00814. The maximum atomic E-state index is 13.4. The Morgan fingerprint density at radius 3 is 2.70 bits per heavy atom. The molecule has 0 spiro atoms. The van der Waals surface area contributed by atoms with E-state index in [1.807, 2.05) is 24.4 Å². The molecule has 0 amide bonds. The van der Waals surface area contributed by atoms with Gasteiger partial charge in [0.25, 0.3) is 0 Å². The quantitative estimate of drug-likeness (QED) is 0.279. The summed E-state index contributed by atoms with van der Waals surface area (Å²) in [5.74, 6) is -0.201. The Labute approximate surface area is 193 Å². The van der Waals surface area contributed by atoms with Crippen molar-refractivity contribution in [3.63, 3.8) is 0 Å². The van der Waals surface area contributed by atoms with E-state index in [-0.39, 0.29) is 25.4 Å². The number of para-hydroxylation sites is 1. The van der Waals surface area contributed by atoms with Crippen molar-refractivity contribution in [3.8, 4) is 5.75 Å². The fourth-order valence-electron chi connectivity index (χ4n) is 3.19. The molecule has 0 saturated heterocycles. The number of aromatic amines is 1. The molecule has 0 aliphatic rings. The van der Waals surface area contributed by atoms with E-state index in [2.05, 4.69) is 15.1 Å². The van der Waals surface area contributed by atoms with Crippen LogP contribution in [0.4, 0.5) is 0 Å². The number of benzene rings is 1. The van der Waals surface area contributed by atoms with Crippen LogP contribution in [-0.4, -0.2) is 48.4 Å². The fourth-order valence-corrected chi connectivity index (χ4v) is 4.49. The summed E-state index contributed by atoms with van der Waals surface area (Å²) in [6.45, 7) is 3.17. The van der Waals surface area contributed by atoms with Crippen LogP contribution in [0.5, 0.6) is 5.75 Å². The van der Waals surface area contributed by atoms with Crippen LogP contribution in [-0.2, 0) is 29.8 Å². The van der Waals surface area contributed by atoms with Crippen molar-refractivity contribution < 1.29 is 27.9 Å². The number of hydrogen-bond donors (Lipinski definition) is 2. The molecular formula is C23H30N3O6P. The highest BCUT2D eigenvalue weighted by molar-refractivity contribution is 7.52. The number of pyridine rings is 1. The number of fused-ring (bicyclic) bond motifs is 1. The summed E-state index contributed by atoms with van der Waals surface area (Å²) in [5.41, 5.74) is 1.96. The Morgan fingerprint density at radius 1 is 1.18 bits per heavy atom. The van der Waals surface area contributed by atoms with Gasteiger partial charge in [0.15, 0.2) is 0 Å². The van der Waals surface area contributed by atoms with Crippen molar-refractivity contribution in [1.29, 1.82) is 0 Å². The van der Waals surface area contributed by atoms with Gasteiger partial charge in [0.1, 0.15) is 17.9 Å². The Hall–Kier alpha value is -2.71. The average molecular weight is 475 g/mol. The van der Waals surface area contributed by atoms with E-state index >= 15 is 0 Å². The largest absolute Gasteiger partial charge is 0.462 e. The molecule has 1 aromatic carbocycles. The number of nitrogens with one attached hydrogen (secondary N) is 2. The zero-order chi connectivity index (χ0) is 23.7. The third-order valence-corrected chi connectivity index (χ3v) is 6.29. The van der Waals surface area contributed by atoms with E-state index in [4.69, 9.17) is 18.5 Å². The number of carbonyl (C=O) groups is 1. The second kappa shape index (κ2) is 12.0. The van der Waals surface area contributed by atoms with Crippen molar-refractivity contribution in [3.05, 3.63) is 60.4 Å². The third kappa shape index (κ3) is 7.68. The van der Waals surface area contributed by atoms with Crippen molar-refractivity contribution in [2.45, 2.75) is 38.9 Å². The molecule has 3 aromatic rings. The Morgan fingerprint density at radius 2 is 1.97 bits per heavy atom. The fraction of sp³-hybridized carbons (Fsp3) is 0.391. The van der Waals surface area contributed by atoms with Crippen LogP contribution in [0.2, 0.25) is 0 Å². The van der Waals surface area contributed by atoms with Crippen LogP contribution in [0, 0.1) is 0 Å². The molecule has 2 N–H and O–H groups in total. The lowest BCUT2D eigenvalue weighted by Crippen LogP contribution is -2.29. The van der Waals surface area contributed by atoms with Gasteiger partial charge in [-0.15, -0.1) is 0 Å². The highest BCUT2D eigenvalue weighted by atomic mass is 31.2. The first-order valence-electron chi connectivity index (χ1n) is 10.8. The third-order valence-electron chi connectivity index (χ3n) is 4.80. The Bertz CT molecular complexity index is 1070. The molecule has 178 valence electrons. The minimum atomic E-state index is -3.88. The molecule has 0 aliphatic heterocycles. The van der Waals surface area contributed by atoms with E-state index in [0.29, 0.717) is 12.2 Å². The smallest absolute Gasteiger partial charge is 0.459 e. The first kappa shape index (κ1) is 24.9. The number of methoxy groups -OCH3 is 1. The summed E-state index contributed by atoms with van der Waals surface area (Å²) in [4.78, 5) is 19.3. The second-order valence-electron chi connectivity index (χ2n) is 7.68. The molecule has 0 bridgehead atoms. The van der Waals surface area contributed by atoms with Crippen molar-refractivity contribution in [1.82, 2.24) is 15.1 Å². The molecule has 2 atom stereocenters. The standard InChI is InChI=1S/C23H30N3O6P/c1-17(2)31-22(27)15-26-33(28,32-19-7-5-4-6-8-19)30-16-20(29-3)10-9-18-11-13-24-23-21(18)12-14-25-23/h4-8,11-14,17,20H,9-10,15-16H2,1-3H3,(H,24,25)(H,26,28)/t20?,33-/m0/s1. The van der Waals surface area contributed by atoms with Crippen LogP contribution in [0.15, 0.2) is 54.9 Å². The van der Waals surface area contributed by atoms with Gasteiger partial charge in [-0.1, -0.05) is 18.2 Å². The molecule has 2 heterocycles. The van der Waals surface area contributed by atoms with Gasteiger partial charge >= 0.3 is 13.7 Å². The molecular weight excluding hydrogens is 445 g/mol. The Kier molecular flexibility index (Phi) is 9.03. The van der Waals surface area contributed by atoms with Gasteiger partial charge in [0.05, 0.1) is 18.8 Å². The number of ether oxygens (including phenoxy) is 2. The normalized spacial score (nSPS) is 14.2. The van der Waals surface area contributed by atoms with E-state index in [1.54, 1.807) is 51.4 Å². The van der Waals surface area contributed by atoms with E-state index in [9.17, 15) is 9.36 Å². The highest BCUT2D eigenvalue weighted by Crippen LogP contribution is 2.44. The zero-order valence-electron chi connectivity index (χ0n) is 19.0. The van der Waals surface area contributed by atoms with Gasteiger partial charge in [-0.25, -0.2) is 14.6 Å². The SMILES string of the molecule is COC(CCc1ccnc2[nH]ccc12)CO[P@@](=O)(NCC(=O)OC(C)C)Oc1ccccc1. The number of aryl methyl sites for hydroxylation is 1. The zero-order valence-corrected chi connectivity index (χ0v) is 19.9. The monoisotopic (exact) mass is 475 g/mol. The number of aromatic nitrogens is 2. The molecule has 1 unspecified atom stereocenters. The van der Waals surface area contributed by atoms with Gasteiger partial charge in [-0.2, -0.15) is 0 Å². The van der Waals surface area contributed by atoms with Crippen LogP contribution in [0.25, 0.3) is 11.0 Å². The molecule has 0 aliphatic carbocycles. The van der Waals surface area contributed by atoms with Crippen LogP contribution < -0.4 is 9.61 Å². The molecule has 3 rings (SSSR count). The lowest BCUT2D eigenvalue weighted by Gasteiger charge is -2.22. The first-order valence-corrected chi connectivity index (χ1v) is 12.3. The van der Waals surface area contributed by atoms with Gasteiger partial charge in [-0.05, 0) is 56.5 Å². The topological polar surface area (TPSA) is 112 Å². The van der Waals surface area contributed by atoms with Crippen LogP contribution in [0.1, 0.15) is 25.8 Å². The number of rotatable bonds is 13. The molecule has 0 fully saturated rings. The predicted molar refractivity (Wildman–Crippen MR) is 125 cm³/mol. The molecule has 2 aromatic heterocycles. The van der Waals surface area contributed by atoms with Crippen molar-refractivity contribution in [2.24, 2.45) is 0 Å². The maximum absolute atomic E-state index is 13.4. The lowest BCUT2D eigenvalue weighted by molar-refractivity contribution is -0.145. The van der Waals surface area contributed by atoms with E-state index in [1.165, 1.54) is 0 Å². The molecule has 9 nitrogen and oxygen atoms in total. The van der Waals surface area contributed by atoms with Crippen LogP contribution in [0.3, 0.4) is 0 Å².